The number of hydrazine groups is 1. The largest absolute Gasteiger partial charge is 0.490 e. The summed E-state index contributed by atoms with van der Waals surface area (Å²) in [6.07, 6.45) is 4.33. The average Bonchev–Trinajstić information content (AvgIpc) is 2.37. The molecule has 0 radical (unpaired) electrons. The standard InChI is InChI=1S/C11H18N2O.C2HF3O2/c1-9(2)8-11(10(14)13-12)6-4-3-5-7-11;3-2(4,5)1(6)7/h3-6,9H,7-8,12H2,1-2H3,(H,13,14);(H,6,7). The van der Waals surface area contributed by atoms with Gasteiger partial charge in [-0.2, -0.15) is 13.2 Å². The highest BCUT2D eigenvalue weighted by molar-refractivity contribution is 5.84. The lowest BCUT2D eigenvalue weighted by atomic mass is 9.74. The van der Waals surface area contributed by atoms with Gasteiger partial charge in [0.15, 0.2) is 0 Å². The SMILES string of the molecule is CC(C)CC1(C(=O)NN)C=CC=CC1.O=C(O)C(F)(F)F. The van der Waals surface area contributed by atoms with Crippen molar-refractivity contribution in [2.45, 2.75) is 32.9 Å². The number of carboxylic acids is 1. The Balaban J connectivity index is 0.000000486. The van der Waals surface area contributed by atoms with Gasteiger partial charge in [-0.3, -0.25) is 10.2 Å². The number of carbonyl (C=O) groups excluding carboxylic acids is 1. The van der Waals surface area contributed by atoms with Crippen LogP contribution in [0.3, 0.4) is 0 Å². The minimum absolute atomic E-state index is 0.0909. The van der Waals surface area contributed by atoms with Crippen molar-refractivity contribution < 1.29 is 27.9 Å². The number of nitrogens with one attached hydrogen (secondary N) is 1. The van der Waals surface area contributed by atoms with Crippen molar-refractivity contribution in [3.8, 4) is 0 Å². The average molecular weight is 308 g/mol. The van der Waals surface area contributed by atoms with E-state index in [1.165, 1.54) is 0 Å². The Morgan fingerprint density at radius 3 is 2.19 bits per heavy atom. The van der Waals surface area contributed by atoms with Crippen molar-refractivity contribution in [1.82, 2.24) is 5.43 Å². The quantitative estimate of drug-likeness (QED) is 0.423. The zero-order valence-corrected chi connectivity index (χ0v) is 11.8. The van der Waals surface area contributed by atoms with Gasteiger partial charge in [-0.1, -0.05) is 38.2 Å². The molecule has 4 N–H and O–H groups in total. The third-order valence-electron chi connectivity index (χ3n) is 2.74. The van der Waals surface area contributed by atoms with Crippen LogP contribution < -0.4 is 11.3 Å². The van der Waals surface area contributed by atoms with Crippen LogP contribution >= 0.6 is 0 Å². The second kappa shape index (κ2) is 7.82. The van der Waals surface area contributed by atoms with E-state index < -0.39 is 17.6 Å². The van der Waals surface area contributed by atoms with E-state index in [1.807, 2.05) is 24.3 Å². The minimum atomic E-state index is -5.08. The van der Waals surface area contributed by atoms with Gasteiger partial charge in [0.05, 0.1) is 5.41 Å². The smallest absolute Gasteiger partial charge is 0.475 e. The van der Waals surface area contributed by atoms with E-state index in [0.29, 0.717) is 5.92 Å². The first kappa shape index (κ1) is 19.2. The first-order valence-electron chi connectivity index (χ1n) is 6.20. The van der Waals surface area contributed by atoms with Gasteiger partial charge in [0.2, 0.25) is 5.91 Å². The number of rotatable bonds is 3. The van der Waals surface area contributed by atoms with E-state index in [4.69, 9.17) is 15.7 Å². The molecule has 1 atom stereocenters. The van der Waals surface area contributed by atoms with E-state index in [2.05, 4.69) is 19.3 Å². The first-order chi connectivity index (χ1) is 9.55. The molecule has 120 valence electrons. The number of alkyl halides is 3. The topological polar surface area (TPSA) is 92.4 Å². The number of halogens is 3. The summed E-state index contributed by atoms with van der Waals surface area (Å²) >= 11 is 0. The molecule has 0 heterocycles. The molecule has 21 heavy (non-hydrogen) atoms. The predicted octanol–water partition coefficient (Wildman–Crippen LogP) is 2.16. The highest BCUT2D eigenvalue weighted by Gasteiger charge is 2.38. The molecule has 0 spiro atoms. The van der Waals surface area contributed by atoms with Gasteiger partial charge >= 0.3 is 12.1 Å². The van der Waals surface area contributed by atoms with Crippen molar-refractivity contribution in [3.05, 3.63) is 24.3 Å². The molecule has 1 aliphatic carbocycles. The number of amides is 1. The molecule has 0 bridgehead atoms. The second-order valence-corrected chi connectivity index (χ2v) is 5.02. The number of hydrogen-bond donors (Lipinski definition) is 3. The summed E-state index contributed by atoms with van der Waals surface area (Å²) in [5.41, 5.74) is 1.82. The highest BCUT2D eigenvalue weighted by Crippen LogP contribution is 2.34. The van der Waals surface area contributed by atoms with Crippen LogP contribution in [0, 0.1) is 11.3 Å². The fourth-order valence-corrected chi connectivity index (χ4v) is 1.95. The molecule has 1 aliphatic rings. The Hall–Kier alpha value is -1.83. The van der Waals surface area contributed by atoms with Crippen LogP contribution in [0.5, 0.6) is 0 Å². The van der Waals surface area contributed by atoms with Crippen molar-refractivity contribution in [1.29, 1.82) is 0 Å². The van der Waals surface area contributed by atoms with Gasteiger partial charge < -0.3 is 5.11 Å². The number of nitrogens with two attached hydrogens (primary N) is 1. The maximum atomic E-state index is 11.7. The van der Waals surface area contributed by atoms with Crippen LogP contribution in [0.1, 0.15) is 26.7 Å². The van der Waals surface area contributed by atoms with Crippen molar-refractivity contribution in [3.63, 3.8) is 0 Å². The van der Waals surface area contributed by atoms with E-state index >= 15 is 0 Å². The van der Waals surface area contributed by atoms with Crippen LogP contribution in [0.25, 0.3) is 0 Å². The molecule has 1 unspecified atom stereocenters. The third kappa shape index (κ3) is 6.44. The fraction of sp³-hybridized carbons (Fsp3) is 0.538. The van der Waals surface area contributed by atoms with Crippen molar-refractivity contribution >= 4 is 11.9 Å². The molecular weight excluding hydrogens is 289 g/mol. The van der Waals surface area contributed by atoms with E-state index in [9.17, 15) is 18.0 Å². The van der Waals surface area contributed by atoms with Crippen LogP contribution in [0.15, 0.2) is 24.3 Å². The summed E-state index contributed by atoms with van der Waals surface area (Å²) in [7, 11) is 0. The van der Waals surface area contributed by atoms with Crippen LogP contribution in [0.2, 0.25) is 0 Å². The Labute approximate surface area is 120 Å². The van der Waals surface area contributed by atoms with Gasteiger partial charge in [-0.05, 0) is 18.8 Å². The number of carbonyl (C=O) groups is 2. The Morgan fingerprint density at radius 1 is 1.38 bits per heavy atom. The summed E-state index contributed by atoms with van der Waals surface area (Å²) in [6, 6.07) is 0. The summed E-state index contributed by atoms with van der Waals surface area (Å²) < 4.78 is 31.7. The third-order valence-corrected chi connectivity index (χ3v) is 2.74. The summed E-state index contributed by atoms with van der Waals surface area (Å²) in [5, 5.41) is 7.12. The number of aliphatic carboxylic acids is 1. The molecule has 0 aromatic carbocycles. The maximum absolute atomic E-state index is 11.7. The van der Waals surface area contributed by atoms with Gasteiger partial charge in [0.25, 0.3) is 0 Å². The number of hydrogen-bond acceptors (Lipinski definition) is 3. The van der Waals surface area contributed by atoms with E-state index in [1.54, 1.807) is 0 Å². The molecule has 1 amide bonds. The summed E-state index contributed by atoms with van der Waals surface area (Å²) in [4.78, 5) is 20.6. The van der Waals surface area contributed by atoms with Gasteiger partial charge in [-0.25, -0.2) is 10.6 Å². The van der Waals surface area contributed by atoms with Gasteiger partial charge in [-0.15, -0.1) is 0 Å². The molecular formula is C13H19F3N2O3. The molecule has 8 heteroatoms. The van der Waals surface area contributed by atoms with Gasteiger partial charge in [0.1, 0.15) is 0 Å². The van der Waals surface area contributed by atoms with E-state index in [0.717, 1.165) is 12.8 Å². The second-order valence-electron chi connectivity index (χ2n) is 5.02. The molecule has 0 saturated carbocycles. The fourth-order valence-electron chi connectivity index (χ4n) is 1.95. The Bertz CT molecular complexity index is 431. The number of carboxylic acid groups (broad SMARTS) is 1. The summed E-state index contributed by atoms with van der Waals surface area (Å²) in [5.74, 6) is 2.83. The van der Waals surface area contributed by atoms with Crippen LogP contribution in [-0.4, -0.2) is 23.2 Å². The molecule has 0 aromatic rings. The zero-order chi connectivity index (χ0) is 16.7. The van der Waals surface area contributed by atoms with E-state index in [-0.39, 0.29) is 5.91 Å². The molecule has 5 nitrogen and oxygen atoms in total. The van der Waals surface area contributed by atoms with Gasteiger partial charge in [0, 0.05) is 0 Å². The Kier molecular flexibility index (Phi) is 7.14. The maximum Gasteiger partial charge on any atom is 0.490 e. The predicted molar refractivity (Wildman–Crippen MR) is 70.8 cm³/mol. The molecule has 0 saturated heterocycles. The lowest BCUT2D eigenvalue weighted by Gasteiger charge is -2.30. The lowest BCUT2D eigenvalue weighted by molar-refractivity contribution is -0.192. The lowest BCUT2D eigenvalue weighted by Crippen LogP contribution is -2.44. The molecule has 0 aliphatic heterocycles. The summed E-state index contributed by atoms with van der Waals surface area (Å²) in [6.45, 7) is 4.22. The Morgan fingerprint density at radius 2 is 1.90 bits per heavy atom. The molecule has 1 rings (SSSR count). The molecule has 0 fully saturated rings. The highest BCUT2D eigenvalue weighted by atomic mass is 19.4. The minimum Gasteiger partial charge on any atom is -0.475 e. The van der Waals surface area contributed by atoms with Crippen LogP contribution in [0.4, 0.5) is 13.2 Å². The number of allylic oxidation sites excluding steroid dienone is 3. The van der Waals surface area contributed by atoms with Crippen molar-refractivity contribution in [2.75, 3.05) is 0 Å². The normalized spacial score (nSPS) is 20.7. The molecule has 0 aromatic heterocycles. The first-order valence-corrected chi connectivity index (χ1v) is 6.20. The monoisotopic (exact) mass is 308 g/mol. The zero-order valence-electron chi connectivity index (χ0n) is 11.8. The van der Waals surface area contributed by atoms with Crippen molar-refractivity contribution in [2.24, 2.45) is 17.2 Å². The van der Waals surface area contributed by atoms with Crippen LogP contribution in [-0.2, 0) is 9.59 Å².